The SMILES string of the molecule is CN1CCCC(CNCc2cccc(F)c2O)C1. The Kier molecular flexibility index (Phi) is 4.55. The van der Waals surface area contributed by atoms with Gasteiger partial charge in [-0.05, 0) is 45.0 Å². The molecule has 1 heterocycles. The molecule has 0 amide bonds. The van der Waals surface area contributed by atoms with Crippen LogP contribution in [0.15, 0.2) is 18.2 Å². The van der Waals surface area contributed by atoms with Crippen molar-refractivity contribution in [3.05, 3.63) is 29.6 Å². The molecule has 0 aliphatic carbocycles. The summed E-state index contributed by atoms with van der Waals surface area (Å²) in [5, 5.41) is 12.9. The maximum Gasteiger partial charge on any atom is 0.165 e. The van der Waals surface area contributed by atoms with E-state index in [-0.39, 0.29) is 5.75 Å². The molecule has 4 heteroatoms. The van der Waals surface area contributed by atoms with Gasteiger partial charge in [-0.25, -0.2) is 4.39 Å². The molecule has 1 aliphatic heterocycles. The molecule has 0 bridgehead atoms. The fraction of sp³-hybridized carbons (Fsp3) is 0.571. The van der Waals surface area contributed by atoms with Crippen molar-refractivity contribution in [2.45, 2.75) is 19.4 Å². The van der Waals surface area contributed by atoms with Crippen molar-refractivity contribution < 1.29 is 9.50 Å². The molecule has 1 aromatic carbocycles. The van der Waals surface area contributed by atoms with Crippen LogP contribution in [0.5, 0.6) is 5.75 Å². The first kappa shape index (κ1) is 13.3. The van der Waals surface area contributed by atoms with Gasteiger partial charge < -0.3 is 15.3 Å². The van der Waals surface area contributed by atoms with E-state index in [4.69, 9.17) is 0 Å². The van der Waals surface area contributed by atoms with Gasteiger partial charge in [-0.2, -0.15) is 0 Å². The minimum Gasteiger partial charge on any atom is -0.505 e. The van der Waals surface area contributed by atoms with E-state index in [0.717, 1.165) is 13.1 Å². The van der Waals surface area contributed by atoms with Crippen LogP contribution < -0.4 is 5.32 Å². The Morgan fingerprint density at radius 3 is 3.11 bits per heavy atom. The van der Waals surface area contributed by atoms with Crippen molar-refractivity contribution in [2.24, 2.45) is 5.92 Å². The number of aromatic hydroxyl groups is 1. The summed E-state index contributed by atoms with van der Waals surface area (Å²) in [6.45, 7) is 3.73. The third kappa shape index (κ3) is 3.43. The molecule has 1 aromatic rings. The van der Waals surface area contributed by atoms with Crippen molar-refractivity contribution in [3.63, 3.8) is 0 Å². The number of phenols is 1. The van der Waals surface area contributed by atoms with Gasteiger partial charge in [-0.1, -0.05) is 12.1 Å². The van der Waals surface area contributed by atoms with E-state index in [1.807, 2.05) is 0 Å². The number of benzene rings is 1. The molecule has 2 N–H and O–H groups in total. The van der Waals surface area contributed by atoms with E-state index in [1.165, 1.54) is 25.5 Å². The molecule has 3 nitrogen and oxygen atoms in total. The predicted octanol–water partition coefficient (Wildman–Crippen LogP) is 1.96. The van der Waals surface area contributed by atoms with Gasteiger partial charge in [0.1, 0.15) is 0 Å². The normalized spacial score (nSPS) is 21.1. The number of phenolic OH excluding ortho intramolecular Hbond substituents is 1. The highest BCUT2D eigenvalue weighted by atomic mass is 19.1. The molecule has 0 spiro atoms. The lowest BCUT2D eigenvalue weighted by molar-refractivity contribution is 0.206. The van der Waals surface area contributed by atoms with E-state index in [1.54, 1.807) is 12.1 Å². The van der Waals surface area contributed by atoms with Gasteiger partial charge in [0, 0.05) is 18.7 Å². The Balaban J connectivity index is 1.79. The summed E-state index contributed by atoms with van der Waals surface area (Å²) < 4.78 is 13.1. The monoisotopic (exact) mass is 252 g/mol. The highest BCUT2D eigenvalue weighted by Gasteiger charge is 2.16. The van der Waals surface area contributed by atoms with Crippen LogP contribution in [0.4, 0.5) is 4.39 Å². The van der Waals surface area contributed by atoms with Gasteiger partial charge >= 0.3 is 0 Å². The Morgan fingerprint density at radius 2 is 2.33 bits per heavy atom. The zero-order valence-corrected chi connectivity index (χ0v) is 10.8. The lowest BCUT2D eigenvalue weighted by Crippen LogP contribution is -2.37. The van der Waals surface area contributed by atoms with Crippen molar-refractivity contribution in [3.8, 4) is 5.75 Å². The van der Waals surface area contributed by atoms with Gasteiger partial charge in [0.25, 0.3) is 0 Å². The van der Waals surface area contributed by atoms with Gasteiger partial charge in [-0.3, -0.25) is 0 Å². The molecule has 0 radical (unpaired) electrons. The van der Waals surface area contributed by atoms with Crippen LogP contribution in [0.2, 0.25) is 0 Å². The summed E-state index contributed by atoms with van der Waals surface area (Å²) in [5.41, 5.74) is 0.624. The van der Waals surface area contributed by atoms with Crippen molar-refractivity contribution in [1.29, 1.82) is 0 Å². The molecule has 1 aliphatic rings. The molecule has 1 fully saturated rings. The van der Waals surface area contributed by atoms with Crippen LogP contribution in [-0.2, 0) is 6.54 Å². The number of hydrogen-bond donors (Lipinski definition) is 2. The zero-order valence-electron chi connectivity index (χ0n) is 10.8. The number of rotatable bonds is 4. The molecular weight excluding hydrogens is 231 g/mol. The number of halogens is 1. The summed E-state index contributed by atoms with van der Waals surface area (Å²) in [7, 11) is 2.14. The number of likely N-dealkylation sites (tertiary alicyclic amines) is 1. The quantitative estimate of drug-likeness (QED) is 0.860. The van der Waals surface area contributed by atoms with Crippen LogP contribution in [0.1, 0.15) is 18.4 Å². The first-order valence-electron chi connectivity index (χ1n) is 6.52. The van der Waals surface area contributed by atoms with Crippen molar-refractivity contribution >= 4 is 0 Å². The Morgan fingerprint density at radius 1 is 1.50 bits per heavy atom. The lowest BCUT2D eigenvalue weighted by atomic mass is 9.98. The van der Waals surface area contributed by atoms with Crippen LogP contribution in [0.3, 0.4) is 0 Å². The number of hydrogen-bond acceptors (Lipinski definition) is 3. The van der Waals surface area contributed by atoms with E-state index in [2.05, 4.69) is 17.3 Å². The first-order chi connectivity index (χ1) is 8.66. The van der Waals surface area contributed by atoms with E-state index in [9.17, 15) is 9.50 Å². The Hall–Kier alpha value is -1.13. The van der Waals surface area contributed by atoms with Crippen LogP contribution in [-0.4, -0.2) is 36.7 Å². The highest BCUT2D eigenvalue weighted by Crippen LogP contribution is 2.20. The smallest absolute Gasteiger partial charge is 0.165 e. The van der Waals surface area contributed by atoms with Gasteiger partial charge in [0.15, 0.2) is 11.6 Å². The number of para-hydroxylation sites is 1. The first-order valence-corrected chi connectivity index (χ1v) is 6.52. The van der Waals surface area contributed by atoms with Crippen molar-refractivity contribution in [1.82, 2.24) is 10.2 Å². The van der Waals surface area contributed by atoms with E-state index in [0.29, 0.717) is 18.0 Å². The standard InChI is InChI=1S/C14H21FN2O/c1-17-7-3-4-11(10-17)8-16-9-12-5-2-6-13(15)14(12)18/h2,5-6,11,16,18H,3-4,7-10H2,1H3. The second-order valence-corrected chi connectivity index (χ2v) is 5.15. The molecule has 0 saturated carbocycles. The second-order valence-electron chi connectivity index (χ2n) is 5.15. The molecule has 1 saturated heterocycles. The summed E-state index contributed by atoms with van der Waals surface area (Å²) in [6.07, 6.45) is 2.49. The van der Waals surface area contributed by atoms with Crippen LogP contribution in [0.25, 0.3) is 0 Å². The summed E-state index contributed by atoms with van der Waals surface area (Å²) in [5.74, 6) is -0.128. The molecule has 0 aromatic heterocycles. The average Bonchev–Trinajstić information content (AvgIpc) is 2.35. The molecule has 18 heavy (non-hydrogen) atoms. The topological polar surface area (TPSA) is 35.5 Å². The van der Waals surface area contributed by atoms with Gasteiger partial charge in [-0.15, -0.1) is 0 Å². The fourth-order valence-electron chi connectivity index (χ4n) is 2.55. The highest BCUT2D eigenvalue weighted by molar-refractivity contribution is 5.33. The number of nitrogens with zero attached hydrogens (tertiary/aromatic N) is 1. The number of piperidine rings is 1. The van der Waals surface area contributed by atoms with Crippen molar-refractivity contribution in [2.75, 3.05) is 26.7 Å². The molecular formula is C14H21FN2O. The molecule has 2 rings (SSSR count). The third-order valence-electron chi connectivity index (χ3n) is 3.54. The van der Waals surface area contributed by atoms with Gasteiger partial charge in [0.05, 0.1) is 0 Å². The average molecular weight is 252 g/mol. The third-order valence-corrected chi connectivity index (χ3v) is 3.54. The predicted molar refractivity (Wildman–Crippen MR) is 70.0 cm³/mol. The minimum atomic E-state index is -0.549. The summed E-state index contributed by atoms with van der Waals surface area (Å²) in [6, 6.07) is 4.65. The molecule has 100 valence electrons. The minimum absolute atomic E-state index is 0.231. The molecule has 1 unspecified atom stereocenters. The Labute approximate surface area is 108 Å². The van der Waals surface area contributed by atoms with E-state index < -0.39 is 5.82 Å². The molecule has 1 atom stereocenters. The van der Waals surface area contributed by atoms with Crippen LogP contribution in [0, 0.1) is 11.7 Å². The largest absolute Gasteiger partial charge is 0.505 e. The van der Waals surface area contributed by atoms with E-state index >= 15 is 0 Å². The lowest BCUT2D eigenvalue weighted by Gasteiger charge is -2.29. The fourth-order valence-corrected chi connectivity index (χ4v) is 2.55. The maximum atomic E-state index is 13.1. The Bertz CT molecular complexity index is 397. The zero-order chi connectivity index (χ0) is 13.0. The van der Waals surface area contributed by atoms with Gasteiger partial charge in [0.2, 0.25) is 0 Å². The second kappa shape index (κ2) is 6.16. The number of nitrogens with one attached hydrogen (secondary N) is 1. The van der Waals surface area contributed by atoms with Crippen LogP contribution >= 0.6 is 0 Å². The summed E-state index contributed by atoms with van der Waals surface area (Å²) in [4.78, 5) is 2.34. The summed E-state index contributed by atoms with van der Waals surface area (Å²) >= 11 is 0. The maximum absolute atomic E-state index is 13.1.